The summed E-state index contributed by atoms with van der Waals surface area (Å²) in [5, 5.41) is 19.9. The molecule has 2 amide bonds. The number of aliphatic hydroxyl groups excluding tert-OH is 1. The number of nitrogens with zero attached hydrogens (tertiary/aromatic N) is 3. The van der Waals surface area contributed by atoms with Gasteiger partial charge in [0.05, 0.1) is 24.1 Å². The first-order valence-electron chi connectivity index (χ1n) is 11.5. The number of carbonyl (C=O) groups excluding carboxylic acids is 2. The van der Waals surface area contributed by atoms with Crippen molar-refractivity contribution in [3.8, 4) is 0 Å². The van der Waals surface area contributed by atoms with Gasteiger partial charge in [-0.15, -0.1) is 11.8 Å². The molecule has 10 heteroatoms. The van der Waals surface area contributed by atoms with Gasteiger partial charge in [-0.25, -0.2) is 9.59 Å². The highest BCUT2D eigenvalue weighted by Crippen LogP contribution is 2.52. The molecule has 0 aliphatic carbocycles. The SMILES string of the molecule is C=CCOC(=O)N1C[C@@H](SC2=C(C(=O)O)N3C(=O)[C@H]([C@@H](C)O)[C@H]3[C@H]2C)C[C@H]1/C=C\c1cccnc1. The van der Waals surface area contributed by atoms with Crippen molar-refractivity contribution >= 4 is 35.8 Å². The van der Waals surface area contributed by atoms with Crippen molar-refractivity contribution in [2.75, 3.05) is 13.2 Å². The fourth-order valence-electron chi connectivity index (χ4n) is 5.07. The zero-order valence-corrected chi connectivity index (χ0v) is 20.4. The number of ether oxygens (including phenoxy) is 1. The first kappa shape index (κ1) is 25.0. The predicted octanol–water partition coefficient (Wildman–Crippen LogP) is 2.75. The van der Waals surface area contributed by atoms with E-state index in [0.717, 1.165) is 5.56 Å². The van der Waals surface area contributed by atoms with Gasteiger partial charge in [-0.3, -0.25) is 9.78 Å². The van der Waals surface area contributed by atoms with Crippen molar-refractivity contribution in [3.63, 3.8) is 0 Å². The Hall–Kier alpha value is -3.11. The maximum Gasteiger partial charge on any atom is 0.410 e. The number of aliphatic carboxylic acids is 1. The minimum atomic E-state index is -1.16. The summed E-state index contributed by atoms with van der Waals surface area (Å²) in [5.74, 6) is -2.35. The highest BCUT2D eigenvalue weighted by Gasteiger charge is 2.60. The normalized spacial score (nSPS) is 28.8. The fourth-order valence-corrected chi connectivity index (χ4v) is 6.61. The lowest BCUT2D eigenvalue weighted by Crippen LogP contribution is -2.63. The first-order chi connectivity index (χ1) is 16.7. The highest BCUT2D eigenvalue weighted by molar-refractivity contribution is 8.03. The van der Waals surface area contributed by atoms with E-state index in [9.17, 15) is 24.6 Å². The Morgan fingerprint density at radius 3 is 2.83 bits per heavy atom. The van der Waals surface area contributed by atoms with Crippen LogP contribution < -0.4 is 0 Å². The number of carbonyl (C=O) groups is 3. The number of aliphatic hydroxyl groups is 1. The van der Waals surface area contributed by atoms with Gasteiger partial charge >= 0.3 is 12.1 Å². The van der Waals surface area contributed by atoms with Gasteiger partial charge < -0.3 is 24.7 Å². The van der Waals surface area contributed by atoms with Crippen molar-refractivity contribution in [3.05, 3.63) is 59.4 Å². The van der Waals surface area contributed by atoms with Crippen LogP contribution >= 0.6 is 11.8 Å². The van der Waals surface area contributed by atoms with E-state index in [1.165, 1.54) is 22.7 Å². The number of aromatic nitrogens is 1. The minimum Gasteiger partial charge on any atom is -0.477 e. The molecule has 6 atom stereocenters. The predicted molar refractivity (Wildman–Crippen MR) is 131 cm³/mol. The van der Waals surface area contributed by atoms with Crippen LogP contribution in [-0.2, 0) is 14.3 Å². The molecule has 0 radical (unpaired) electrons. The summed E-state index contributed by atoms with van der Waals surface area (Å²) >= 11 is 1.40. The third kappa shape index (κ3) is 4.72. The van der Waals surface area contributed by atoms with Crippen LogP contribution in [-0.4, -0.2) is 79.6 Å². The van der Waals surface area contributed by atoms with Crippen molar-refractivity contribution < 1.29 is 29.3 Å². The smallest absolute Gasteiger partial charge is 0.410 e. The van der Waals surface area contributed by atoms with Crippen LogP contribution in [0.15, 0.2) is 53.9 Å². The van der Waals surface area contributed by atoms with E-state index < -0.39 is 24.1 Å². The van der Waals surface area contributed by atoms with Gasteiger partial charge in [0.2, 0.25) is 5.91 Å². The standard InChI is InChI=1S/C25H29N3O6S/c1-4-10-34-25(33)27-13-18(11-17(27)8-7-16-6-5-9-26-12-16)35-22-14(2)20-19(15(3)29)23(30)28(20)21(22)24(31)32/h4-9,12,14-15,17-20,29H,1,10-11,13H2,2-3H3,(H,31,32)/b8-7-/t14-,15-,17-,18+,19-,20-/m1/s1. The van der Waals surface area contributed by atoms with Crippen LogP contribution in [0, 0.1) is 11.8 Å². The maximum absolute atomic E-state index is 12.7. The molecule has 186 valence electrons. The molecule has 0 unspecified atom stereocenters. The molecule has 2 N–H and O–H groups in total. The van der Waals surface area contributed by atoms with Crippen molar-refractivity contribution in [2.24, 2.45) is 11.8 Å². The number of carboxylic acid groups (broad SMARTS) is 1. The zero-order valence-electron chi connectivity index (χ0n) is 19.6. The number of hydrogen-bond acceptors (Lipinski definition) is 7. The van der Waals surface area contributed by atoms with Gasteiger partial charge in [0.1, 0.15) is 12.3 Å². The lowest BCUT2D eigenvalue weighted by atomic mass is 9.79. The third-order valence-corrected chi connectivity index (χ3v) is 8.16. The van der Waals surface area contributed by atoms with E-state index >= 15 is 0 Å². The van der Waals surface area contributed by atoms with E-state index in [4.69, 9.17) is 4.74 Å². The summed E-state index contributed by atoms with van der Waals surface area (Å²) in [5.41, 5.74) is 0.889. The van der Waals surface area contributed by atoms with Gasteiger partial charge in [0.15, 0.2) is 0 Å². The van der Waals surface area contributed by atoms with E-state index in [1.54, 1.807) is 24.2 Å². The molecule has 0 aromatic carbocycles. The first-order valence-corrected chi connectivity index (χ1v) is 12.4. The monoisotopic (exact) mass is 499 g/mol. The molecule has 0 saturated carbocycles. The van der Waals surface area contributed by atoms with Crippen LogP contribution in [0.5, 0.6) is 0 Å². The summed E-state index contributed by atoms with van der Waals surface area (Å²) in [7, 11) is 0. The summed E-state index contributed by atoms with van der Waals surface area (Å²) in [6.45, 7) is 7.49. The Kier molecular flexibility index (Phi) is 7.32. The van der Waals surface area contributed by atoms with E-state index in [-0.39, 0.29) is 41.5 Å². The molecule has 9 nitrogen and oxygen atoms in total. The second-order valence-corrected chi connectivity index (χ2v) is 10.3. The van der Waals surface area contributed by atoms with E-state index in [0.29, 0.717) is 17.9 Å². The van der Waals surface area contributed by atoms with Crippen LogP contribution in [0.1, 0.15) is 25.8 Å². The Bertz CT molecular complexity index is 1070. The highest BCUT2D eigenvalue weighted by atomic mass is 32.2. The number of carboxylic acids is 1. The van der Waals surface area contributed by atoms with Crippen molar-refractivity contribution in [1.82, 2.24) is 14.8 Å². The molecule has 1 aromatic rings. The topological polar surface area (TPSA) is 120 Å². The number of hydrogen-bond donors (Lipinski definition) is 2. The second kappa shape index (κ2) is 10.2. The lowest BCUT2D eigenvalue weighted by Gasteiger charge is -2.46. The molecule has 0 bridgehead atoms. The average Bonchev–Trinajstić information content (AvgIpc) is 3.34. The molecule has 3 aliphatic heterocycles. The Morgan fingerprint density at radius 1 is 1.43 bits per heavy atom. The number of rotatable bonds is 8. The molecule has 4 rings (SSSR count). The van der Waals surface area contributed by atoms with E-state index in [1.807, 2.05) is 31.2 Å². The minimum absolute atomic E-state index is 0.00969. The Balaban J connectivity index is 1.56. The van der Waals surface area contributed by atoms with E-state index in [2.05, 4.69) is 11.6 Å². The molecule has 2 fully saturated rings. The van der Waals surface area contributed by atoms with Crippen LogP contribution in [0.25, 0.3) is 6.08 Å². The number of amides is 2. The molecule has 2 saturated heterocycles. The summed E-state index contributed by atoms with van der Waals surface area (Å²) in [6.07, 6.45) is 8.01. The summed E-state index contributed by atoms with van der Waals surface area (Å²) in [6, 6.07) is 3.12. The van der Waals surface area contributed by atoms with Gasteiger partial charge in [-0.1, -0.05) is 37.8 Å². The largest absolute Gasteiger partial charge is 0.477 e. The van der Waals surface area contributed by atoms with Crippen molar-refractivity contribution in [2.45, 2.75) is 43.7 Å². The summed E-state index contributed by atoms with van der Waals surface area (Å²) < 4.78 is 5.28. The molecular formula is C25H29N3O6S. The Labute approximate surface area is 208 Å². The number of likely N-dealkylation sites (tertiary alicyclic amines) is 1. The molecule has 0 spiro atoms. The fraction of sp³-hybridized carbons (Fsp3) is 0.440. The number of fused-ring (bicyclic) bond motifs is 1. The van der Waals surface area contributed by atoms with Crippen LogP contribution in [0.4, 0.5) is 4.79 Å². The van der Waals surface area contributed by atoms with Gasteiger partial charge in [-0.2, -0.15) is 0 Å². The average molecular weight is 500 g/mol. The van der Waals surface area contributed by atoms with Gasteiger partial charge in [-0.05, 0) is 25.0 Å². The molecule has 4 heterocycles. The number of pyridine rings is 1. The van der Waals surface area contributed by atoms with Gasteiger partial charge in [0, 0.05) is 35.0 Å². The Morgan fingerprint density at radius 2 is 2.20 bits per heavy atom. The molecular weight excluding hydrogens is 470 g/mol. The number of thioether (sulfide) groups is 1. The molecule has 35 heavy (non-hydrogen) atoms. The molecule has 3 aliphatic rings. The number of β-lactam (4-membered cyclic amide) rings is 1. The van der Waals surface area contributed by atoms with Crippen molar-refractivity contribution in [1.29, 1.82) is 0 Å². The third-order valence-electron chi connectivity index (χ3n) is 6.66. The maximum atomic E-state index is 12.7. The van der Waals surface area contributed by atoms with Crippen LogP contribution in [0.3, 0.4) is 0 Å². The zero-order chi connectivity index (χ0) is 25.3. The quantitative estimate of drug-likeness (QED) is 0.414. The van der Waals surface area contributed by atoms with Crippen LogP contribution in [0.2, 0.25) is 0 Å². The molecule has 1 aromatic heterocycles. The summed E-state index contributed by atoms with van der Waals surface area (Å²) in [4.78, 5) is 45.1. The van der Waals surface area contributed by atoms with Gasteiger partial charge in [0.25, 0.3) is 0 Å². The lowest BCUT2D eigenvalue weighted by molar-refractivity contribution is -0.163. The second-order valence-electron chi connectivity index (χ2n) is 8.98.